The number of rotatable bonds is 11. The average molecular weight is 386 g/mol. The molecule has 1 aromatic rings. The highest BCUT2D eigenvalue weighted by molar-refractivity contribution is 5.87. The summed E-state index contributed by atoms with van der Waals surface area (Å²) in [6, 6.07) is 9.48. The van der Waals surface area contributed by atoms with E-state index in [4.69, 9.17) is 10.5 Å². The van der Waals surface area contributed by atoms with Gasteiger partial charge in [0, 0.05) is 24.5 Å². The molecule has 0 aliphatic heterocycles. The van der Waals surface area contributed by atoms with Crippen molar-refractivity contribution < 1.29 is 19.4 Å². The number of benzene rings is 1. The van der Waals surface area contributed by atoms with Gasteiger partial charge in [-0.2, -0.15) is 0 Å². The second-order valence-corrected chi connectivity index (χ2v) is 6.88. The van der Waals surface area contributed by atoms with Crippen molar-refractivity contribution in [3.05, 3.63) is 66.3 Å². The third-order valence-corrected chi connectivity index (χ3v) is 4.71. The Kier molecular flexibility index (Phi) is 10.6. The summed E-state index contributed by atoms with van der Waals surface area (Å²) in [6.45, 7) is 5.86. The van der Waals surface area contributed by atoms with E-state index in [1.807, 2.05) is 51.1 Å². The van der Waals surface area contributed by atoms with E-state index in [-0.39, 0.29) is 11.8 Å². The predicted molar refractivity (Wildman–Crippen MR) is 112 cm³/mol. The van der Waals surface area contributed by atoms with E-state index in [0.29, 0.717) is 6.42 Å². The summed E-state index contributed by atoms with van der Waals surface area (Å²) < 4.78 is 5.62. The largest absolute Gasteiger partial charge is 0.458 e. The van der Waals surface area contributed by atoms with Crippen molar-refractivity contribution in [3.8, 4) is 0 Å². The Morgan fingerprint density at radius 2 is 1.82 bits per heavy atom. The highest BCUT2D eigenvalue weighted by atomic mass is 16.5. The van der Waals surface area contributed by atoms with Gasteiger partial charge in [-0.15, -0.1) is 0 Å². The van der Waals surface area contributed by atoms with Crippen molar-refractivity contribution in [1.82, 2.24) is 0 Å². The monoisotopic (exact) mass is 385 g/mol. The summed E-state index contributed by atoms with van der Waals surface area (Å²) >= 11 is 0. The molecule has 5 heteroatoms. The van der Waals surface area contributed by atoms with Crippen molar-refractivity contribution in [3.63, 3.8) is 0 Å². The van der Waals surface area contributed by atoms with Crippen LogP contribution in [0, 0.1) is 11.8 Å². The van der Waals surface area contributed by atoms with Gasteiger partial charge in [0.05, 0.1) is 6.10 Å². The third kappa shape index (κ3) is 8.82. The number of carbonyl (C=O) groups is 2. The number of esters is 1. The summed E-state index contributed by atoms with van der Waals surface area (Å²) in [5, 5.41) is 10.5. The van der Waals surface area contributed by atoms with E-state index in [0.717, 1.165) is 12.0 Å². The molecule has 152 valence electrons. The first-order chi connectivity index (χ1) is 13.3. The van der Waals surface area contributed by atoms with Gasteiger partial charge in [-0.05, 0) is 17.6 Å². The van der Waals surface area contributed by atoms with Crippen LogP contribution < -0.4 is 5.73 Å². The normalized spacial score (nSPS) is 16.3. The zero-order chi connectivity index (χ0) is 20.9. The zero-order valence-electron chi connectivity index (χ0n) is 16.8. The van der Waals surface area contributed by atoms with Crippen molar-refractivity contribution in [2.45, 2.75) is 45.8 Å². The van der Waals surface area contributed by atoms with E-state index in [1.165, 1.54) is 18.2 Å². The first kappa shape index (κ1) is 23.4. The number of hydrogen-bond acceptors (Lipinski definition) is 4. The van der Waals surface area contributed by atoms with Gasteiger partial charge in [0.1, 0.15) is 6.10 Å². The molecule has 0 aliphatic carbocycles. The fourth-order valence-electron chi connectivity index (χ4n) is 2.71. The molecule has 0 saturated carbocycles. The second kappa shape index (κ2) is 12.7. The molecule has 0 bridgehead atoms. The summed E-state index contributed by atoms with van der Waals surface area (Å²) in [5.74, 6) is -1.14. The molecule has 1 aromatic carbocycles. The number of amides is 1. The molecule has 0 aromatic heterocycles. The summed E-state index contributed by atoms with van der Waals surface area (Å²) in [4.78, 5) is 23.0. The lowest BCUT2D eigenvalue weighted by Gasteiger charge is -2.30. The minimum Gasteiger partial charge on any atom is -0.458 e. The van der Waals surface area contributed by atoms with Gasteiger partial charge >= 0.3 is 5.97 Å². The fraction of sp³-hybridized carbons (Fsp3) is 0.391. The minimum atomic E-state index is -0.588. The van der Waals surface area contributed by atoms with E-state index < -0.39 is 24.1 Å². The summed E-state index contributed by atoms with van der Waals surface area (Å²) in [6.07, 6.45) is 9.50. The predicted octanol–water partition coefficient (Wildman–Crippen LogP) is 3.64. The Morgan fingerprint density at radius 3 is 2.43 bits per heavy atom. The lowest BCUT2D eigenvalue weighted by molar-refractivity contribution is -0.148. The minimum absolute atomic E-state index is 0.0924. The van der Waals surface area contributed by atoms with Crippen molar-refractivity contribution in [2.75, 3.05) is 0 Å². The smallest absolute Gasteiger partial charge is 0.331 e. The molecule has 5 nitrogen and oxygen atoms in total. The number of aliphatic hydroxyl groups is 1. The van der Waals surface area contributed by atoms with Crippen LogP contribution in [-0.2, 0) is 14.3 Å². The quantitative estimate of drug-likeness (QED) is 0.346. The third-order valence-electron chi connectivity index (χ3n) is 4.71. The van der Waals surface area contributed by atoms with Gasteiger partial charge in [0.2, 0.25) is 5.91 Å². The molecule has 28 heavy (non-hydrogen) atoms. The van der Waals surface area contributed by atoms with E-state index in [9.17, 15) is 14.7 Å². The van der Waals surface area contributed by atoms with Crippen LogP contribution in [0.5, 0.6) is 0 Å². The number of hydrogen-bond donors (Lipinski definition) is 2. The zero-order valence-corrected chi connectivity index (χ0v) is 16.8. The van der Waals surface area contributed by atoms with Gasteiger partial charge in [-0.3, -0.25) is 4.79 Å². The number of aliphatic hydroxyl groups excluding tert-OH is 1. The van der Waals surface area contributed by atoms with Crippen LogP contribution >= 0.6 is 0 Å². The van der Waals surface area contributed by atoms with Gasteiger partial charge in [0.25, 0.3) is 0 Å². The van der Waals surface area contributed by atoms with Gasteiger partial charge in [-0.1, -0.05) is 75.8 Å². The Hall–Kier alpha value is -2.66. The number of carbonyl (C=O) groups excluding carboxylic acids is 2. The molecule has 4 atom stereocenters. The molecule has 1 amide bonds. The number of primary amides is 1. The van der Waals surface area contributed by atoms with Crippen molar-refractivity contribution >= 4 is 18.0 Å². The van der Waals surface area contributed by atoms with Crippen LogP contribution in [0.3, 0.4) is 0 Å². The Bertz CT molecular complexity index is 694. The van der Waals surface area contributed by atoms with Crippen LogP contribution in [0.25, 0.3) is 6.08 Å². The molecule has 1 rings (SSSR count). The van der Waals surface area contributed by atoms with Crippen molar-refractivity contribution in [1.29, 1.82) is 0 Å². The van der Waals surface area contributed by atoms with E-state index in [1.54, 1.807) is 18.2 Å². The molecule has 0 heterocycles. The number of ether oxygens (including phenoxy) is 1. The Labute approximate surface area is 167 Å². The lowest BCUT2D eigenvalue weighted by atomic mass is 9.86. The summed E-state index contributed by atoms with van der Waals surface area (Å²) in [5.41, 5.74) is 5.95. The molecule has 0 saturated heterocycles. The van der Waals surface area contributed by atoms with Crippen LogP contribution in [0.2, 0.25) is 0 Å². The first-order valence-electron chi connectivity index (χ1n) is 9.59. The second-order valence-electron chi connectivity index (χ2n) is 6.88. The maximum absolute atomic E-state index is 12.3. The highest BCUT2D eigenvalue weighted by Gasteiger charge is 2.29. The molecule has 0 fully saturated rings. The topological polar surface area (TPSA) is 89.6 Å². The van der Waals surface area contributed by atoms with Crippen LogP contribution in [0.15, 0.2) is 60.7 Å². The maximum atomic E-state index is 12.3. The SMILES string of the molecule is CCC(C)C(O)C(C)C(CC=CC=CC(N)=O)OC(=O)C=Cc1ccccc1. The summed E-state index contributed by atoms with van der Waals surface area (Å²) in [7, 11) is 0. The highest BCUT2D eigenvalue weighted by Crippen LogP contribution is 2.23. The Balaban J connectivity index is 2.81. The van der Waals surface area contributed by atoms with Crippen molar-refractivity contribution in [2.24, 2.45) is 17.6 Å². The van der Waals surface area contributed by atoms with Crippen LogP contribution in [0.1, 0.15) is 39.2 Å². The number of nitrogens with two attached hydrogens (primary N) is 1. The number of allylic oxidation sites excluding steroid dienone is 2. The molecule has 3 N–H and O–H groups in total. The molecule has 0 spiro atoms. The molecule has 0 radical (unpaired) electrons. The molecule has 0 aliphatic rings. The first-order valence-corrected chi connectivity index (χ1v) is 9.59. The molecular formula is C23H31NO4. The van der Waals surface area contributed by atoms with Crippen LogP contribution in [-0.4, -0.2) is 29.2 Å². The van der Waals surface area contributed by atoms with Gasteiger partial charge in [-0.25, -0.2) is 4.79 Å². The van der Waals surface area contributed by atoms with Gasteiger partial charge < -0.3 is 15.6 Å². The molecular weight excluding hydrogens is 354 g/mol. The van der Waals surface area contributed by atoms with Gasteiger partial charge in [0.15, 0.2) is 0 Å². The average Bonchev–Trinajstić information content (AvgIpc) is 2.69. The lowest BCUT2D eigenvalue weighted by Crippen LogP contribution is -2.36. The standard InChI is InChI=1S/C23H31NO4/c1-4-17(2)23(27)18(3)20(13-9-6-10-14-21(24)25)28-22(26)16-15-19-11-7-5-8-12-19/h5-12,14-18,20,23,27H,4,13H2,1-3H3,(H2,24,25). The Morgan fingerprint density at radius 1 is 1.14 bits per heavy atom. The van der Waals surface area contributed by atoms with E-state index >= 15 is 0 Å². The maximum Gasteiger partial charge on any atom is 0.331 e. The fourth-order valence-corrected chi connectivity index (χ4v) is 2.71. The van der Waals surface area contributed by atoms with Crippen LogP contribution in [0.4, 0.5) is 0 Å². The van der Waals surface area contributed by atoms with E-state index in [2.05, 4.69) is 0 Å². The molecule has 4 unspecified atom stereocenters.